The van der Waals surface area contributed by atoms with Crippen LogP contribution in [0.4, 0.5) is 5.82 Å². The van der Waals surface area contributed by atoms with E-state index in [-0.39, 0.29) is 0 Å². The first kappa shape index (κ1) is 13.6. The minimum Gasteiger partial charge on any atom is -0.368 e. The van der Waals surface area contributed by atoms with Crippen molar-refractivity contribution in [1.82, 2.24) is 24.8 Å². The summed E-state index contributed by atoms with van der Waals surface area (Å²) in [5, 5.41) is 17.6. The van der Waals surface area contributed by atoms with E-state index >= 15 is 0 Å². The maximum absolute atomic E-state index is 4.62. The molecule has 0 spiro atoms. The lowest BCUT2D eigenvalue weighted by Gasteiger charge is -2.05. The van der Waals surface area contributed by atoms with Crippen molar-refractivity contribution < 1.29 is 0 Å². The van der Waals surface area contributed by atoms with E-state index in [9.17, 15) is 0 Å². The Morgan fingerprint density at radius 2 is 2.14 bits per heavy atom. The number of hydrogen-bond acceptors (Lipinski definition) is 6. The van der Waals surface area contributed by atoms with Crippen LogP contribution in [0.3, 0.4) is 0 Å². The molecule has 0 bridgehead atoms. The highest BCUT2D eigenvalue weighted by molar-refractivity contribution is 7.11. The third-order valence-electron chi connectivity index (χ3n) is 3.89. The van der Waals surface area contributed by atoms with Crippen LogP contribution in [0.1, 0.15) is 40.2 Å². The van der Waals surface area contributed by atoms with Crippen LogP contribution in [-0.2, 0) is 6.42 Å². The van der Waals surface area contributed by atoms with E-state index in [1.807, 2.05) is 16.6 Å². The fraction of sp³-hybridized carbons (Fsp3) is 0.467. The molecule has 0 unspecified atom stereocenters. The third-order valence-corrected chi connectivity index (χ3v) is 5.02. The molecule has 6 nitrogen and oxygen atoms in total. The molecule has 0 amide bonds. The van der Waals surface area contributed by atoms with Gasteiger partial charge in [0.2, 0.25) is 0 Å². The van der Waals surface area contributed by atoms with E-state index in [1.165, 1.54) is 17.7 Å². The summed E-state index contributed by atoms with van der Waals surface area (Å²) in [6.45, 7) is 4.97. The summed E-state index contributed by atoms with van der Waals surface area (Å²) in [7, 11) is 0. The molecule has 3 aromatic heterocycles. The number of nitrogens with zero attached hydrogens (tertiary/aromatic N) is 5. The third kappa shape index (κ3) is 2.56. The molecule has 1 N–H and O–H groups in total. The Bertz CT molecular complexity index is 817. The number of rotatable bonds is 5. The molecule has 1 fully saturated rings. The topological polar surface area (TPSA) is 68.0 Å². The fourth-order valence-electron chi connectivity index (χ4n) is 2.61. The van der Waals surface area contributed by atoms with Crippen molar-refractivity contribution in [2.24, 2.45) is 0 Å². The predicted molar refractivity (Wildman–Crippen MR) is 86.5 cm³/mol. The largest absolute Gasteiger partial charge is 0.368 e. The zero-order valence-electron chi connectivity index (χ0n) is 12.7. The zero-order valence-corrected chi connectivity index (χ0v) is 13.5. The van der Waals surface area contributed by atoms with Crippen molar-refractivity contribution in [3.63, 3.8) is 0 Å². The maximum atomic E-state index is 4.62. The Labute approximate surface area is 132 Å². The summed E-state index contributed by atoms with van der Waals surface area (Å²) < 4.78 is 1.88. The molecule has 7 heteroatoms. The number of anilines is 1. The molecular formula is C15H18N6S. The van der Waals surface area contributed by atoms with Crippen LogP contribution in [0, 0.1) is 13.8 Å². The second-order valence-electron chi connectivity index (χ2n) is 5.74. The van der Waals surface area contributed by atoms with Crippen LogP contribution in [0.15, 0.2) is 12.1 Å². The average molecular weight is 314 g/mol. The summed E-state index contributed by atoms with van der Waals surface area (Å²) in [4.78, 5) is 5.80. The van der Waals surface area contributed by atoms with Gasteiger partial charge in [0.15, 0.2) is 11.5 Å². The zero-order chi connectivity index (χ0) is 15.1. The van der Waals surface area contributed by atoms with Gasteiger partial charge in [-0.05, 0) is 38.8 Å². The smallest absolute Gasteiger partial charge is 0.178 e. The van der Waals surface area contributed by atoms with E-state index in [1.54, 1.807) is 11.3 Å². The molecule has 22 heavy (non-hydrogen) atoms. The molecule has 0 aromatic carbocycles. The van der Waals surface area contributed by atoms with Crippen LogP contribution in [0.25, 0.3) is 5.65 Å². The average Bonchev–Trinajstić information content (AvgIpc) is 3.17. The summed E-state index contributed by atoms with van der Waals surface area (Å²) in [6.07, 6.45) is 3.36. The van der Waals surface area contributed by atoms with Gasteiger partial charge in [-0.15, -0.1) is 26.6 Å². The highest BCUT2D eigenvalue weighted by Gasteiger charge is 2.29. The first-order chi connectivity index (χ1) is 10.7. The van der Waals surface area contributed by atoms with Gasteiger partial charge in [0, 0.05) is 23.8 Å². The van der Waals surface area contributed by atoms with Crippen LogP contribution in [0.5, 0.6) is 0 Å². The lowest BCUT2D eigenvalue weighted by atomic mass is 10.3. The van der Waals surface area contributed by atoms with E-state index in [0.29, 0.717) is 5.92 Å². The van der Waals surface area contributed by atoms with Crippen molar-refractivity contribution in [2.45, 2.75) is 39.0 Å². The Morgan fingerprint density at radius 3 is 2.86 bits per heavy atom. The second kappa shape index (κ2) is 5.31. The van der Waals surface area contributed by atoms with E-state index in [4.69, 9.17) is 0 Å². The Hall–Kier alpha value is -2.02. The number of fused-ring (bicyclic) bond motifs is 1. The standard InChI is InChI=1S/C15H18N6S/c1-9-12(22-10(2)17-9)7-8-16-13-5-6-14-18-19-15(11-3-4-11)21(14)20-13/h5-6,11H,3-4,7-8H2,1-2H3,(H,16,20). The predicted octanol–water partition coefficient (Wildman–Crippen LogP) is 2.73. The Morgan fingerprint density at radius 1 is 1.27 bits per heavy atom. The van der Waals surface area contributed by atoms with Gasteiger partial charge in [-0.2, -0.15) is 4.52 Å². The summed E-state index contributed by atoms with van der Waals surface area (Å²) in [6, 6.07) is 3.93. The maximum Gasteiger partial charge on any atom is 0.178 e. The fourth-order valence-corrected chi connectivity index (χ4v) is 3.54. The van der Waals surface area contributed by atoms with Crippen LogP contribution in [0.2, 0.25) is 0 Å². The van der Waals surface area contributed by atoms with Gasteiger partial charge in [0.25, 0.3) is 0 Å². The molecule has 4 rings (SSSR count). The molecule has 1 saturated carbocycles. The van der Waals surface area contributed by atoms with Crippen LogP contribution < -0.4 is 5.32 Å². The molecule has 0 aliphatic heterocycles. The SMILES string of the molecule is Cc1nc(C)c(CCNc2ccc3nnc(C4CC4)n3n2)s1. The quantitative estimate of drug-likeness (QED) is 0.784. The van der Waals surface area contributed by atoms with E-state index < -0.39 is 0 Å². The van der Waals surface area contributed by atoms with Crippen molar-refractivity contribution in [2.75, 3.05) is 11.9 Å². The lowest BCUT2D eigenvalue weighted by molar-refractivity contribution is 0.813. The first-order valence-corrected chi connectivity index (χ1v) is 8.41. The lowest BCUT2D eigenvalue weighted by Crippen LogP contribution is -2.08. The molecule has 1 aliphatic rings. The van der Waals surface area contributed by atoms with Gasteiger partial charge >= 0.3 is 0 Å². The van der Waals surface area contributed by atoms with Crippen molar-refractivity contribution in [3.05, 3.63) is 33.5 Å². The summed E-state index contributed by atoms with van der Waals surface area (Å²) in [5.41, 5.74) is 1.96. The monoisotopic (exact) mass is 314 g/mol. The summed E-state index contributed by atoms with van der Waals surface area (Å²) >= 11 is 1.77. The van der Waals surface area contributed by atoms with Gasteiger partial charge < -0.3 is 5.32 Å². The van der Waals surface area contributed by atoms with Crippen molar-refractivity contribution in [3.8, 4) is 0 Å². The number of thiazole rings is 1. The molecule has 3 heterocycles. The number of nitrogens with one attached hydrogen (secondary N) is 1. The van der Waals surface area contributed by atoms with Crippen LogP contribution in [-0.4, -0.2) is 31.3 Å². The molecular weight excluding hydrogens is 296 g/mol. The van der Waals surface area contributed by atoms with Gasteiger partial charge in [-0.1, -0.05) is 0 Å². The Kier molecular flexibility index (Phi) is 3.29. The van der Waals surface area contributed by atoms with E-state index in [2.05, 4.69) is 39.4 Å². The molecule has 0 radical (unpaired) electrons. The Balaban J connectivity index is 1.47. The molecule has 114 valence electrons. The normalized spacial score (nSPS) is 14.6. The molecule has 0 saturated heterocycles. The summed E-state index contributed by atoms with van der Waals surface area (Å²) in [5.74, 6) is 2.40. The van der Waals surface area contributed by atoms with Gasteiger partial charge in [-0.25, -0.2) is 4.98 Å². The highest BCUT2D eigenvalue weighted by atomic mass is 32.1. The minimum absolute atomic E-state index is 0.542. The van der Waals surface area contributed by atoms with Crippen molar-refractivity contribution in [1.29, 1.82) is 0 Å². The molecule has 3 aromatic rings. The van der Waals surface area contributed by atoms with Gasteiger partial charge in [-0.3, -0.25) is 0 Å². The first-order valence-electron chi connectivity index (χ1n) is 7.60. The molecule has 0 atom stereocenters. The minimum atomic E-state index is 0.542. The molecule has 1 aliphatic carbocycles. The van der Waals surface area contributed by atoms with E-state index in [0.717, 1.165) is 41.0 Å². The van der Waals surface area contributed by atoms with Gasteiger partial charge in [0.05, 0.1) is 10.7 Å². The number of aryl methyl sites for hydroxylation is 2. The highest BCUT2D eigenvalue weighted by Crippen LogP contribution is 2.38. The van der Waals surface area contributed by atoms with Crippen LogP contribution >= 0.6 is 11.3 Å². The number of hydrogen-bond donors (Lipinski definition) is 1. The number of aromatic nitrogens is 5. The second-order valence-corrected chi connectivity index (χ2v) is 7.03. The van der Waals surface area contributed by atoms with Gasteiger partial charge in [0.1, 0.15) is 5.82 Å². The van der Waals surface area contributed by atoms with Crippen molar-refractivity contribution >= 4 is 22.8 Å².